The smallest absolute Gasteiger partial charge is 0.341 e. The van der Waals surface area contributed by atoms with Crippen molar-refractivity contribution in [3.8, 4) is 6.07 Å². The van der Waals surface area contributed by atoms with Gasteiger partial charge in [0.2, 0.25) is 5.43 Å². The Morgan fingerprint density at radius 3 is 2.83 bits per heavy atom. The van der Waals surface area contributed by atoms with E-state index in [0.29, 0.717) is 18.4 Å². The van der Waals surface area contributed by atoms with E-state index in [9.17, 15) is 14.7 Å². The van der Waals surface area contributed by atoms with Gasteiger partial charge in [0.25, 0.3) is 0 Å². The second kappa shape index (κ2) is 7.77. The Kier molecular flexibility index (Phi) is 5.29. The van der Waals surface area contributed by atoms with E-state index in [1.807, 2.05) is 17.6 Å². The van der Waals surface area contributed by atoms with Crippen molar-refractivity contribution in [2.24, 2.45) is 5.41 Å². The van der Waals surface area contributed by atoms with Gasteiger partial charge in [-0.25, -0.2) is 4.79 Å². The average molecular weight is 409 g/mol. The fraction of sp³-hybridized carbons (Fsp3) is 0.522. The van der Waals surface area contributed by atoms with Crippen molar-refractivity contribution in [2.75, 3.05) is 31.1 Å². The molecule has 1 aromatic heterocycles. The van der Waals surface area contributed by atoms with E-state index in [4.69, 9.17) is 5.26 Å². The normalized spacial score (nSPS) is 21.2. The van der Waals surface area contributed by atoms with E-state index < -0.39 is 11.4 Å². The van der Waals surface area contributed by atoms with Crippen LogP contribution in [0.5, 0.6) is 0 Å². The standard InChI is InChI=1S/C23H28N4O3/c1-15-19(26-11-8-23(2,14-26)13-25-10-3-9-24)7-6-17-20(15)27(16-4-5-16)12-18(21(17)28)22(29)30/h6-7,12,16,25H,3-5,8,10-11,13-14H2,1-2H3,(H,29,30). The SMILES string of the molecule is Cc1c(N2CCC(C)(CNCCC#N)C2)ccc2c(=O)c(C(=O)O)cn(C3CC3)c12. The number of aromatic carboxylic acids is 1. The highest BCUT2D eigenvalue weighted by Crippen LogP contribution is 2.40. The first-order chi connectivity index (χ1) is 14.3. The zero-order chi connectivity index (χ0) is 21.5. The van der Waals surface area contributed by atoms with Gasteiger partial charge in [0.15, 0.2) is 0 Å². The molecule has 0 amide bonds. The summed E-state index contributed by atoms with van der Waals surface area (Å²) in [5.74, 6) is -1.17. The Hall–Kier alpha value is -2.85. The summed E-state index contributed by atoms with van der Waals surface area (Å²) < 4.78 is 2.01. The maximum atomic E-state index is 12.8. The molecule has 1 aliphatic heterocycles. The van der Waals surface area contributed by atoms with Crippen molar-refractivity contribution in [3.05, 3.63) is 39.7 Å². The van der Waals surface area contributed by atoms with Gasteiger partial charge < -0.3 is 19.9 Å². The number of pyridine rings is 1. The molecule has 1 aromatic carbocycles. The summed E-state index contributed by atoms with van der Waals surface area (Å²) in [5, 5.41) is 22.1. The number of aromatic nitrogens is 1. The molecule has 0 bridgehead atoms. The molecule has 7 heteroatoms. The molecule has 158 valence electrons. The van der Waals surface area contributed by atoms with Gasteiger partial charge in [-0.2, -0.15) is 5.26 Å². The highest BCUT2D eigenvalue weighted by Gasteiger charge is 2.35. The number of aryl methyl sites for hydroxylation is 1. The zero-order valence-corrected chi connectivity index (χ0v) is 17.6. The minimum absolute atomic E-state index is 0.125. The van der Waals surface area contributed by atoms with Gasteiger partial charge in [-0.05, 0) is 49.3 Å². The maximum absolute atomic E-state index is 12.8. The number of fused-ring (bicyclic) bond motifs is 1. The largest absolute Gasteiger partial charge is 0.477 e. The number of hydrogen-bond acceptors (Lipinski definition) is 5. The molecule has 7 nitrogen and oxygen atoms in total. The lowest BCUT2D eigenvalue weighted by atomic mass is 9.90. The highest BCUT2D eigenvalue weighted by molar-refractivity contribution is 5.95. The van der Waals surface area contributed by atoms with Crippen LogP contribution in [0.25, 0.3) is 10.9 Å². The van der Waals surface area contributed by atoms with Gasteiger partial charge in [0.1, 0.15) is 5.56 Å². The lowest BCUT2D eigenvalue weighted by molar-refractivity contribution is 0.0695. The molecule has 1 saturated carbocycles. The number of hydrogen-bond donors (Lipinski definition) is 2. The van der Waals surface area contributed by atoms with Gasteiger partial charge >= 0.3 is 5.97 Å². The van der Waals surface area contributed by atoms with Crippen molar-refractivity contribution in [1.29, 1.82) is 5.26 Å². The zero-order valence-electron chi connectivity index (χ0n) is 17.6. The number of anilines is 1. The first-order valence-corrected chi connectivity index (χ1v) is 10.6. The number of nitrogens with zero attached hydrogens (tertiary/aromatic N) is 3. The molecular weight excluding hydrogens is 380 g/mol. The van der Waals surface area contributed by atoms with Crippen molar-refractivity contribution >= 4 is 22.6 Å². The molecule has 2 aromatic rings. The fourth-order valence-electron chi connectivity index (χ4n) is 4.66. The molecule has 2 heterocycles. The minimum atomic E-state index is -1.17. The van der Waals surface area contributed by atoms with Crippen molar-refractivity contribution < 1.29 is 9.90 Å². The van der Waals surface area contributed by atoms with Crippen LogP contribution >= 0.6 is 0 Å². The molecule has 1 atom stereocenters. The average Bonchev–Trinajstić information content (AvgIpc) is 3.48. The Bertz CT molecular complexity index is 1100. The minimum Gasteiger partial charge on any atom is -0.477 e. The van der Waals surface area contributed by atoms with Crippen molar-refractivity contribution in [1.82, 2.24) is 9.88 Å². The fourth-order valence-corrected chi connectivity index (χ4v) is 4.66. The summed E-state index contributed by atoms with van der Waals surface area (Å²) in [7, 11) is 0. The predicted octanol–water partition coefficient (Wildman–Crippen LogP) is 3.06. The molecular formula is C23H28N4O3. The van der Waals surface area contributed by atoms with Gasteiger partial charge in [-0.1, -0.05) is 6.92 Å². The van der Waals surface area contributed by atoms with E-state index >= 15 is 0 Å². The van der Waals surface area contributed by atoms with Gasteiger partial charge in [0.05, 0.1) is 11.6 Å². The Morgan fingerprint density at radius 2 is 2.17 bits per heavy atom. The number of benzene rings is 1. The number of nitrogens with one attached hydrogen (secondary N) is 1. The summed E-state index contributed by atoms with van der Waals surface area (Å²) in [4.78, 5) is 26.7. The van der Waals surface area contributed by atoms with Crippen molar-refractivity contribution in [3.63, 3.8) is 0 Å². The van der Waals surface area contributed by atoms with Crippen LogP contribution in [0.1, 0.15) is 54.6 Å². The van der Waals surface area contributed by atoms with Crippen LogP contribution in [-0.2, 0) is 0 Å². The Balaban J connectivity index is 1.68. The summed E-state index contributed by atoms with van der Waals surface area (Å²) in [5.41, 5.74) is 2.58. The van der Waals surface area contributed by atoms with Crippen LogP contribution in [0.2, 0.25) is 0 Å². The van der Waals surface area contributed by atoms with Crippen molar-refractivity contribution in [2.45, 2.75) is 45.6 Å². The second-order valence-corrected chi connectivity index (χ2v) is 8.99. The van der Waals surface area contributed by atoms with Gasteiger partial charge in [-0.15, -0.1) is 0 Å². The predicted molar refractivity (Wildman–Crippen MR) is 116 cm³/mol. The quantitative estimate of drug-likeness (QED) is 0.683. The van der Waals surface area contributed by atoms with Gasteiger partial charge in [0, 0.05) is 55.9 Å². The maximum Gasteiger partial charge on any atom is 0.341 e. The lowest BCUT2D eigenvalue weighted by Gasteiger charge is -2.27. The molecule has 1 saturated heterocycles. The monoisotopic (exact) mass is 408 g/mol. The van der Waals surface area contributed by atoms with E-state index in [1.54, 1.807) is 6.07 Å². The van der Waals surface area contributed by atoms with E-state index in [1.165, 1.54) is 6.20 Å². The third kappa shape index (κ3) is 3.68. The third-order valence-corrected chi connectivity index (χ3v) is 6.45. The number of rotatable bonds is 7. The van der Waals surface area contributed by atoms with E-state index in [-0.39, 0.29) is 17.0 Å². The number of nitriles is 1. The number of carbonyl (C=O) groups is 1. The summed E-state index contributed by atoms with van der Waals surface area (Å²) in [6.07, 6.45) is 5.13. The number of carboxylic acid groups (broad SMARTS) is 1. The molecule has 4 rings (SSSR count). The molecule has 30 heavy (non-hydrogen) atoms. The Labute approximate surface area is 175 Å². The highest BCUT2D eigenvalue weighted by atomic mass is 16.4. The summed E-state index contributed by atoms with van der Waals surface area (Å²) >= 11 is 0. The molecule has 2 aliphatic rings. The molecule has 2 fully saturated rings. The lowest BCUT2D eigenvalue weighted by Crippen LogP contribution is -2.35. The molecule has 1 aliphatic carbocycles. The first-order valence-electron chi connectivity index (χ1n) is 10.6. The van der Waals surface area contributed by atoms with Crippen LogP contribution in [0.4, 0.5) is 5.69 Å². The summed E-state index contributed by atoms with van der Waals surface area (Å²) in [6.45, 7) is 7.72. The van der Waals surface area contributed by atoms with E-state index in [2.05, 4.69) is 23.2 Å². The third-order valence-electron chi connectivity index (χ3n) is 6.45. The van der Waals surface area contributed by atoms with Crippen LogP contribution in [0.15, 0.2) is 23.1 Å². The van der Waals surface area contributed by atoms with Crippen LogP contribution in [0, 0.1) is 23.7 Å². The number of carboxylic acids is 1. The van der Waals surface area contributed by atoms with Gasteiger partial charge in [-0.3, -0.25) is 4.79 Å². The molecule has 0 radical (unpaired) electrons. The van der Waals surface area contributed by atoms with Crippen LogP contribution in [-0.4, -0.2) is 41.8 Å². The second-order valence-electron chi connectivity index (χ2n) is 8.99. The molecule has 2 N–H and O–H groups in total. The van der Waals surface area contributed by atoms with Crippen LogP contribution < -0.4 is 15.6 Å². The molecule has 0 spiro atoms. The van der Waals surface area contributed by atoms with E-state index in [0.717, 1.165) is 55.7 Å². The first kappa shape index (κ1) is 20.4. The van der Waals surface area contributed by atoms with Crippen LogP contribution in [0.3, 0.4) is 0 Å². The molecule has 1 unspecified atom stereocenters. The topological polar surface area (TPSA) is 98.4 Å². The Morgan fingerprint density at radius 1 is 1.40 bits per heavy atom. The summed E-state index contributed by atoms with van der Waals surface area (Å²) in [6, 6.07) is 6.20.